The second kappa shape index (κ2) is 6.34. The Labute approximate surface area is 113 Å². The fourth-order valence-electron chi connectivity index (χ4n) is 2.94. The van der Waals surface area contributed by atoms with Crippen LogP contribution < -0.4 is 10.6 Å². The summed E-state index contributed by atoms with van der Waals surface area (Å²) in [6.07, 6.45) is 1.65. The molecule has 0 saturated carbocycles. The van der Waals surface area contributed by atoms with Crippen molar-refractivity contribution in [3.63, 3.8) is 0 Å². The van der Waals surface area contributed by atoms with Gasteiger partial charge >= 0.3 is 0 Å². The molecule has 3 unspecified atom stereocenters. The van der Waals surface area contributed by atoms with Crippen LogP contribution in [0.1, 0.15) is 19.8 Å². The number of rotatable bonds is 4. The van der Waals surface area contributed by atoms with Crippen molar-refractivity contribution in [2.24, 2.45) is 5.92 Å². The van der Waals surface area contributed by atoms with Crippen molar-refractivity contribution in [1.82, 2.24) is 15.5 Å². The average molecular weight is 269 g/mol. The molecule has 2 amide bonds. The van der Waals surface area contributed by atoms with Gasteiger partial charge in [-0.1, -0.05) is 6.92 Å². The van der Waals surface area contributed by atoms with E-state index in [0.29, 0.717) is 19.8 Å². The van der Waals surface area contributed by atoms with E-state index >= 15 is 0 Å². The van der Waals surface area contributed by atoms with Crippen LogP contribution in [-0.4, -0.2) is 62.1 Å². The molecule has 0 aromatic heterocycles. The number of nitrogens with one attached hydrogen (secondary N) is 2. The van der Waals surface area contributed by atoms with Crippen LogP contribution in [0.3, 0.4) is 0 Å². The number of hydrogen-bond donors (Lipinski definition) is 2. The van der Waals surface area contributed by atoms with Gasteiger partial charge in [0.05, 0.1) is 19.1 Å². The zero-order chi connectivity index (χ0) is 13.8. The molecule has 2 heterocycles. The molecule has 6 nitrogen and oxygen atoms in total. The predicted octanol–water partition coefficient (Wildman–Crippen LogP) is -0.652. The second-order valence-electron chi connectivity index (χ2n) is 5.11. The first-order chi connectivity index (χ1) is 9.19. The van der Waals surface area contributed by atoms with Crippen molar-refractivity contribution in [2.45, 2.75) is 31.8 Å². The molecule has 2 rings (SSSR count). The Balaban J connectivity index is 2.03. The third-order valence-corrected chi connectivity index (χ3v) is 3.95. The van der Waals surface area contributed by atoms with Crippen molar-refractivity contribution in [3.8, 4) is 0 Å². The number of carbonyl (C=O) groups is 2. The molecular weight excluding hydrogens is 246 g/mol. The van der Waals surface area contributed by atoms with Crippen LogP contribution >= 0.6 is 0 Å². The maximum atomic E-state index is 12.6. The maximum absolute atomic E-state index is 12.6. The third kappa shape index (κ3) is 2.90. The van der Waals surface area contributed by atoms with Crippen LogP contribution in [0.25, 0.3) is 0 Å². The number of likely N-dealkylation sites (N-methyl/N-ethyl adjacent to an activating group) is 2. The molecule has 0 aromatic carbocycles. The summed E-state index contributed by atoms with van der Waals surface area (Å²) in [4.78, 5) is 26.1. The van der Waals surface area contributed by atoms with Crippen molar-refractivity contribution in [2.75, 3.05) is 33.4 Å². The van der Waals surface area contributed by atoms with E-state index in [4.69, 9.17) is 4.74 Å². The Morgan fingerprint density at radius 3 is 2.84 bits per heavy atom. The summed E-state index contributed by atoms with van der Waals surface area (Å²) in [6.45, 7) is 4.53. The van der Waals surface area contributed by atoms with Gasteiger partial charge in [0.1, 0.15) is 6.04 Å². The molecule has 0 aromatic rings. The summed E-state index contributed by atoms with van der Waals surface area (Å²) in [7, 11) is 1.61. The normalized spacial score (nSPS) is 30.6. The van der Waals surface area contributed by atoms with E-state index in [1.165, 1.54) is 0 Å². The quantitative estimate of drug-likeness (QED) is 0.711. The van der Waals surface area contributed by atoms with Gasteiger partial charge < -0.3 is 20.3 Å². The van der Waals surface area contributed by atoms with E-state index in [-0.39, 0.29) is 29.8 Å². The van der Waals surface area contributed by atoms with Crippen molar-refractivity contribution in [1.29, 1.82) is 0 Å². The Hall–Kier alpha value is -1.14. The van der Waals surface area contributed by atoms with Gasteiger partial charge in [0.15, 0.2) is 0 Å². The lowest BCUT2D eigenvalue weighted by Gasteiger charge is -2.28. The standard InChI is InChI=1S/C13H23N3O3/c1-3-15-10-8-19-7-9(10)13(18)16-6-4-5-11(16)12(17)14-2/h9-11,15H,3-8H2,1-2H3,(H,14,17). The maximum Gasteiger partial charge on any atom is 0.242 e. The van der Waals surface area contributed by atoms with Crippen molar-refractivity contribution >= 4 is 11.8 Å². The lowest BCUT2D eigenvalue weighted by atomic mass is 10.0. The Morgan fingerprint density at radius 2 is 2.16 bits per heavy atom. The van der Waals surface area contributed by atoms with Gasteiger partial charge in [-0.15, -0.1) is 0 Å². The van der Waals surface area contributed by atoms with Crippen LogP contribution in [0.15, 0.2) is 0 Å². The Bertz CT molecular complexity index is 348. The first kappa shape index (κ1) is 14.3. The van der Waals surface area contributed by atoms with E-state index in [1.54, 1.807) is 11.9 Å². The third-order valence-electron chi connectivity index (χ3n) is 3.95. The first-order valence-electron chi connectivity index (χ1n) is 7.02. The fraction of sp³-hybridized carbons (Fsp3) is 0.846. The molecule has 2 fully saturated rings. The van der Waals surface area contributed by atoms with Crippen LogP contribution in [0, 0.1) is 5.92 Å². The molecule has 0 radical (unpaired) electrons. The van der Waals surface area contributed by atoms with Crippen LogP contribution in [0.2, 0.25) is 0 Å². The van der Waals surface area contributed by atoms with Crippen molar-refractivity contribution in [3.05, 3.63) is 0 Å². The number of likely N-dealkylation sites (tertiary alicyclic amines) is 1. The zero-order valence-electron chi connectivity index (χ0n) is 11.6. The minimum atomic E-state index is -0.305. The SMILES string of the molecule is CCNC1COCC1C(=O)N1CCCC1C(=O)NC. The molecule has 6 heteroatoms. The van der Waals surface area contributed by atoms with Crippen molar-refractivity contribution < 1.29 is 14.3 Å². The van der Waals surface area contributed by atoms with Crippen LogP contribution in [0.4, 0.5) is 0 Å². The van der Waals surface area contributed by atoms with Gasteiger partial charge in [0.25, 0.3) is 0 Å². The number of ether oxygens (including phenoxy) is 1. The number of carbonyl (C=O) groups excluding carboxylic acids is 2. The number of hydrogen-bond acceptors (Lipinski definition) is 4. The minimum absolute atomic E-state index is 0.0505. The molecule has 0 bridgehead atoms. The van der Waals surface area contributed by atoms with Gasteiger partial charge in [0.2, 0.25) is 11.8 Å². The molecule has 19 heavy (non-hydrogen) atoms. The lowest BCUT2D eigenvalue weighted by molar-refractivity contribution is -0.141. The van der Waals surface area contributed by atoms with E-state index in [1.807, 2.05) is 6.92 Å². The molecule has 0 aliphatic carbocycles. The minimum Gasteiger partial charge on any atom is -0.379 e. The fourth-order valence-corrected chi connectivity index (χ4v) is 2.94. The largest absolute Gasteiger partial charge is 0.379 e. The summed E-state index contributed by atoms with van der Waals surface area (Å²) in [5.74, 6) is -0.176. The van der Waals surface area contributed by atoms with E-state index in [2.05, 4.69) is 10.6 Å². The van der Waals surface area contributed by atoms with Gasteiger partial charge in [-0.3, -0.25) is 9.59 Å². The molecule has 108 valence electrons. The van der Waals surface area contributed by atoms with E-state index in [0.717, 1.165) is 19.4 Å². The molecular formula is C13H23N3O3. The molecule has 0 spiro atoms. The Morgan fingerprint density at radius 1 is 1.37 bits per heavy atom. The highest BCUT2D eigenvalue weighted by molar-refractivity contribution is 5.89. The zero-order valence-corrected chi connectivity index (χ0v) is 11.6. The number of nitrogens with zero attached hydrogens (tertiary/aromatic N) is 1. The number of amides is 2. The topological polar surface area (TPSA) is 70.7 Å². The smallest absolute Gasteiger partial charge is 0.242 e. The second-order valence-corrected chi connectivity index (χ2v) is 5.11. The monoisotopic (exact) mass is 269 g/mol. The molecule has 3 atom stereocenters. The summed E-state index contributed by atoms with van der Waals surface area (Å²) in [5.41, 5.74) is 0. The molecule has 2 N–H and O–H groups in total. The van der Waals surface area contributed by atoms with Gasteiger partial charge in [-0.2, -0.15) is 0 Å². The highest BCUT2D eigenvalue weighted by Gasteiger charge is 2.41. The summed E-state index contributed by atoms with van der Waals surface area (Å²) >= 11 is 0. The van der Waals surface area contributed by atoms with Crippen LogP contribution in [-0.2, 0) is 14.3 Å². The Kier molecular flexibility index (Phi) is 4.76. The molecule has 2 aliphatic rings. The highest BCUT2D eigenvalue weighted by atomic mass is 16.5. The summed E-state index contributed by atoms with van der Waals surface area (Å²) < 4.78 is 5.41. The van der Waals surface area contributed by atoms with Gasteiger partial charge in [-0.25, -0.2) is 0 Å². The first-order valence-corrected chi connectivity index (χ1v) is 7.02. The predicted molar refractivity (Wildman–Crippen MR) is 70.6 cm³/mol. The molecule has 2 saturated heterocycles. The van der Waals surface area contributed by atoms with Gasteiger partial charge in [-0.05, 0) is 19.4 Å². The summed E-state index contributed by atoms with van der Waals surface area (Å²) in [5, 5.41) is 5.92. The summed E-state index contributed by atoms with van der Waals surface area (Å²) in [6, 6.07) is -0.233. The average Bonchev–Trinajstić information content (AvgIpc) is 3.06. The van der Waals surface area contributed by atoms with E-state index in [9.17, 15) is 9.59 Å². The lowest BCUT2D eigenvalue weighted by Crippen LogP contribution is -2.51. The van der Waals surface area contributed by atoms with E-state index < -0.39 is 0 Å². The van der Waals surface area contributed by atoms with Gasteiger partial charge in [0, 0.05) is 19.6 Å². The van der Waals surface area contributed by atoms with Crippen LogP contribution in [0.5, 0.6) is 0 Å². The molecule has 2 aliphatic heterocycles. The highest BCUT2D eigenvalue weighted by Crippen LogP contribution is 2.24.